The maximum Gasteiger partial charge on any atom is 0.0521 e. The van der Waals surface area contributed by atoms with Gasteiger partial charge in [-0.3, -0.25) is 0 Å². The van der Waals surface area contributed by atoms with Gasteiger partial charge < -0.3 is 5.11 Å². The van der Waals surface area contributed by atoms with Crippen molar-refractivity contribution in [3.63, 3.8) is 0 Å². The summed E-state index contributed by atoms with van der Waals surface area (Å²) in [5.74, 6) is 2.44. The Morgan fingerprint density at radius 1 is 1.86 bits per heavy atom. The number of hydrogen-bond donors (Lipinski definition) is 1. The molecule has 0 aromatic heterocycles. The van der Waals surface area contributed by atoms with Crippen LogP contribution in [0.15, 0.2) is 0 Å². The predicted octanol–water partition coefficient (Wildman–Crippen LogP) is 0.781. The van der Waals surface area contributed by atoms with Crippen molar-refractivity contribution in [2.75, 3.05) is 0 Å². The molecule has 0 aliphatic heterocycles. The number of hydrogen-bond acceptors (Lipinski definition) is 1. The lowest BCUT2D eigenvalue weighted by atomic mass is 10.2. The Kier molecular flexibility index (Phi) is 3.45. The zero-order chi connectivity index (χ0) is 5.70. The molecule has 40 valence electrons. The minimum Gasteiger partial charge on any atom is -0.393 e. The van der Waals surface area contributed by atoms with E-state index in [2.05, 4.69) is 5.92 Å². The van der Waals surface area contributed by atoms with Crippen molar-refractivity contribution >= 4 is 0 Å². The first kappa shape index (κ1) is 6.52. The fraction of sp³-hybridized carbons (Fsp3) is 0.667. The first-order chi connectivity index (χ1) is 3.27. The second-order valence-corrected chi connectivity index (χ2v) is 1.59. The Morgan fingerprint density at radius 2 is 2.43 bits per heavy atom. The van der Waals surface area contributed by atoms with Crippen LogP contribution < -0.4 is 0 Å². The quantitative estimate of drug-likeness (QED) is 0.506. The molecule has 1 atom stereocenters. The number of aliphatic hydroxyl groups excluding tert-OH is 1. The second-order valence-electron chi connectivity index (χ2n) is 1.59. The Labute approximate surface area is 44.4 Å². The van der Waals surface area contributed by atoms with Gasteiger partial charge in [0, 0.05) is 6.42 Å². The third-order valence-electron chi connectivity index (χ3n) is 0.706. The van der Waals surface area contributed by atoms with E-state index >= 15 is 0 Å². The molecule has 7 heavy (non-hydrogen) atoms. The van der Waals surface area contributed by atoms with Crippen molar-refractivity contribution in [3.8, 4) is 12.3 Å². The molecular weight excluding hydrogens is 88.1 g/mol. The van der Waals surface area contributed by atoms with Crippen LogP contribution in [0.2, 0.25) is 0 Å². The molecule has 0 heterocycles. The van der Waals surface area contributed by atoms with Gasteiger partial charge in [-0.2, -0.15) is 0 Å². The molecule has 0 saturated carbocycles. The van der Waals surface area contributed by atoms with Crippen molar-refractivity contribution in [1.29, 1.82) is 0 Å². The summed E-state index contributed by atoms with van der Waals surface area (Å²) in [7, 11) is 0. The van der Waals surface area contributed by atoms with E-state index in [1.807, 2.05) is 0 Å². The summed E-state index contributed by atoms with van der Waals surface area (Å²) in [6, 6.07) is 0. The molecule has 0 aromatic rings. The second kappa shape index (κ2) is 3.70. The fourth-order valence-electron chi connectivity index (χ4n) is 0.292. The Morgan fingerprint density at radius 3 is 2.57 bits per heavy atom. The van der Waals surface area contributed by atoms with Gasteiger partial charge in [0.2, 0.25) is 0 Å². The van der Waals surface area contributed by atoms with E-state index in [0.717, 1.165) is 6.42 Å². The molecule has 0 amide bonds. The summed E-state index contributed by atoms with van der Waals surface area (Å²) >= 11 is 0. The average molecular weight is 98.1 g/mol. The van der Waals surface area contributed by atoms with Crippen LogP contribution in [0.4, 0.5) is 0 Å². The summed E-state index contributed by atoms with van der Waals surface area (Å²) in [6.07, 6.45) is 6.07. The van der Waals surface area contributed by atoms with Crippen LogP contribution >= 0.6 is 0 Å². The van der Waals surface area contributed by atoms with Gasteiger partial charge in [-0.25, -0.2) is 0 Å². The number of aliphatic hydroxyl groups is 1. The molecule has 0 aliphatic rings. The molecular formula is C6H10O. The minimum atomic E-state index is -0.240. The Bertz CT molecular complexity index is 68.7. The molecule has 0 radical (unpaired) electrons. The SMILES string of the molecule is C#CCCC(C)O. The molecule has 0 bridgehead atoms. The van der Waals surface area contributed by atoms with E-state index in [0.29, 0.717) is 6.42 Å². The van der Waals surface area contributed by atoms with Crippen molar-refractivity contribution in [3.05, 3.63) is 0 Å². The van der Waals surface area contributed by atoms with Crippen LogP contribution in [-0.4, -0.2) is 11.2 Å². The smallest absolute Gasteiger partial charge is 0.0521 e. The zero-order valence-electron chi connectivity index (χ0n) is 4.52. The van der Waals surface area contributed by atoms with Gasteiger partial charge in [0.1, 0.15) is 0 Å². The van der Waals surface area contributed by atoms with Crippen molar-refractivity contribution in [2.24, 2.45) is 0 Å². The lowest BCUT2D eigenvalue weighted by Gasteiger charge is -1.95. The molecule has 1 N–H and O–H groups in total. The van der Waals surface area contributed by atoms with Crippen molar-refractivity contribution < 1.29 is 5.11 Å². The van der Waals surface area contributed by atoms with Crippen LogP contribution in [-0.2, 0) is 0 Å². The standard InChI is InChI=1S/C6H10O/c1-3-4-5-6(2)7/h1,6-7H,4-5H2,2H3. The van der Waals surface area contributed by atoms with Gasteiger partial charge in [0.05, 0.1) is 6.10 Å². The van der Waals surface area contributed by atoms with E-state index < -0.39 is 0 Å². The summed E-state index contributed by atoms with van der Waals surface area (Å²) in [5, 5.41) is 8.59. The molecule has 0 spiro atoms. The highest BCUT2D eigenvalue weighted by Gasteiger charge is 1.89. The molecule has 0 fully saturated rings. The molecule has 1 unspecified atom stereocenters. The lowest BCUT2D eigenvalue weighted by molar-refractivity contribution is 0.186. The van der Waals surface area contributed by atoms with Gasteiger partial charge in [-0.1, -0.05) is 0 Å². The molecule has 0 rings (SSSR count). The van der Waals surface area contributed by atoms with Crippen LogP contribution in [0.5, 0.6) is 0 Å². The molecule has 1 heteroatoms. The summed E-state index contributed by atoms with van der Waals surface area (Å²) in [5.41, 5.74) is 0. The van der Waals surface area contributed by atoms with Gasteiger partial charge in [0.15, 0.2) is 0 Å². The van der Waals surface area contributed by atoms with Crippen molar-refractivity contribution in [2.45, 2.75) is 25.9 Å². The minimum absolute atomic E-state index is 0.240. The third kappa shape index (κ3) is 5.52. The first-order valence-electron chi connectivity index (χ1n) is 2.39. The van der Waals surface area contributed by atoms with Crippen LogP contribution in [0.25, 0.3) is 0 Å². The molecule has 0 saturated heterocycles. The summed E-state index contributed by atoms with van der Waals surface area (Å²) in [6.45, 7) is 1.73. The van der Waals surface area contributed by atoms with E-state index in [9.17, 15) is 0 Å². The summed E-state index contributed by atoms with van der Waals surface area (Å²) < 4.78 is 0. The lowest BCUT2D eigenvalue weighted by Crippen LogP contribution is -1.96. The average Bonchev–Trinajstić information content (AvgIpc) is 1.61. The Balaban J connectivity index is 2.86. The topological polar surface area (TPSA) is 20.2 Å². The van der Waals surface area contributed by atoms with Gasteiger partial charge in [-0.05, 0) is 13.3 Å². The first-order valence-corrected chi connectivity index (χ1v) is 2.39. The monoisotopic (exact) mass is 98.1 g/mol. The highest BCUT2D eigenvalue weighted by atomic mass is 16.3. The normalized spacial score (nSPS) is 12.7. The largest absolute Gasteiger partial charge is 0.393 e. The fourth-order valence-corrected chi connectivity index (χ4v) is 0.292. The maximum absolute atomic E-state index is 8.59. The van der Waals surface area contributed by atoms with E-state index in [4.69, 9.17) is 11.5 Å². The summed E-state index contributed by atoms with van der Waals surface area (Å²) in [4.78, 5) is 0. The highest BCUT2D eigenvalue weighted by Crippen LogP contribution is 1.91. The van der Waals surface area contributed by atoms with E-state index in [-0.39, 0.29) is 6.10 Å². The van der Waals surface area contributed by atoms with Crippen molar-refractivity contribution in [1.82, 2.24) is 0 Å². The van der Waals surface area contributed by atoms with Crippen LogP contribution in [0.1, 0.15) is 19.8 Å². The zero-order valence-corrected chi connectivity index (χ0v) is 4.52. The van der Waals surface area contributed by atoms with Gasteiger partial charge >= 0.3 is 0 Å². The Hall–Kier alpha value is -0.480. The maximum atomic E-state index is 8.59. The number of rotatable bonds is 2. The predicted molar refractivity (Wildman–Crippen MR) is 29.7 cm³/mol. The van der Waals surface area contributed by atoms with Gasteiger partial charge in [-0.15, -0.1) is 12.3 Å². The highest BCUT2D eigenvalue weighted by molar-refractivity contribution is 4.83. The number of terminal acetylenes is 1. The molecule has 0 aliphatic carbocycles. The van der Waals surface area contributed by atoms with E-state index in [1.54, 1.807) is 6.92 Å². The van der Waals surface area contributed by atoms with Crippen LogP contribution in [0.3, 0.4) is 0 Å². The third-order valence-corrected chi connectivity index (χ3v) is 0.706. The van der Waals surface area contributed by atoms with E-state index in [1.165, 1.54) is 0 Å². The van der Waals surface area contributed by atoms with Crippen LogP contribution in [0, 0.1) is 12.3 Å². The molecule has 0 aromatic carbocycles. The van der Waals surface area contributed by atoms with Gasteiger partial charge in [0.25, 0.3) is 0 Å². The molecule has 1 nitrogen and oxygen atoms in total.